The maximum Gasteiger partial charge on any atom is 0.287 e. The van der Waals surface area contributed by atoms with Crippen molar-refractivity contribution in [3.05, 3.63) is 48.2 Å². The van der Waals surface area contributed by atoms with E-state index in [1.807, 2.05) is 12.1 Å². The standard InChI is InChI=1S/C13H11Br2ClN4O2/c1-20-13(21)11(16)10(6-18-20)19-17-5-7-3-8(14)12(22-2)9(15)4-7/h3-6,19H,1-2H3/b17-5-. The average molecular weight is 451 g/mol. The fourth-order valence-electron chi connectivity index (χ4n) is 1.61. The molecule has 6 nitrogen and oxygen atoms in total. The van der Waals surface area contributed by atoms with E-state index in [0.29, 0.717) is 11.4 Å². The molecule has 0 unspecified atom stereocenters. The highest BCUT2D eigenvalue weighted by Crippen LogP contribution is 2.33. The molecule has 1 aromatic carbocycles. The van der Waals surface area contributed by atoms with Crippen LogP contribution in [0.25, 0.3) is 0 Å². The monoisotopic (exact) mass is 448 g/mol. The lowest BCUT2D eigenvalue weighted by molar-refractivity contribution is 0.409. The zero-order valence-electron chi connectivity index (χ0n) is 11.6. The number of nitrogens with zero attached hydrogens (tertiary/aromatic N) is 3. The van der Waals surface area contributed by atoms with Gasteiger partial charge in [-0.25, -0.2) is 4.68 Å². The molecule has 0 amide bonds. The Morgan fingerprint density at radius 2 is 2.05 bits per heavy atom. The Hall–Kier alpha value is -1.38. The summed E-state index contributed by atoms with van der Waals surface area (Å²) in [5.41, 5.74) is 3.46. The second-order valence-electron chi connectivity index (χ2n) is 4.19. The van der Waals surface area contributed by atoms with Gasteiger partial charge in [-0.2, -0.15) is 10.2 Å². The minimum absolute atomic E-state index is 0.0340. The van der Waals surface area contributed by atoms with E-state index in [4.69, 9.17) is 16.3 Å². The molecule has 0 aliphatic rings. The van der Waals surface area contributed by atoms with Gasteiger partial charge in [0.1, 0.15) is 16.5 Å². The molecule has 1 aromatic heterocycles. The maximum atomic E-state index is 11.6. The molecule has 0 fully saturated rings. The Balaban J connectivity index is 2.20. The first kappa shape index (κ1) is 17.0. The molecule has 0 atom stereocenters. The van der Waals surface area contributed by atoms with E-state index in [0.717, 1.165) is 19.2 Å². The van der Waals surface area contributed by atoms with Crippen molar-refractivity contribution in [2.75, 3.05) is 12.5 Å². The molecule has 116 valence electrons. The van der Waals surface area contributed by atoms with Crippen LogP contribution in [0.3, 0.4) is 0 Å². The first-order chi connectivity index (χ1) is 10.4. The van der Waals surface area contributed by atoms with Gasteiger partial charge in [-0.1, -0.05) is 11.6 Å². The number of rotatable bonds is 4. The number of aromatic nitrogens is 2. The number of benzene rings is 1. The molecule has 0 saturated carbocycles. The van der Waals surface area contributed by atoms with Gasteiger partial charge >= 0.3 is 0 Å². The van der Waals surface area contributed by atoms with Crippen LogP contribution >= 0.6 is 43.5 Å². The summed E-state index contributed by atoms with van der Waals surface area (Å²) in [5, 5.41) is 7.95. The molecule has 2 rings (SSSR count). The molecular weight excluding hydrogens is 439 g/mol. The molecule has 0 aliphatic heterocycles. The van der Waals surface area contributed by atoms with E-state index in [1.165, 1.54) is 13.2 Å². The number of hydrogen-bond donors (Lipinski definition) is 1. The third kappa shape index (κ3) is 3.68. The first-order valence-corrected chi connectivity index (χ1v) is 7.94. The van der Waals surface area contributed by atoms with Gasteiger partial charge < -0.3 is 4.74 Å². The van der Waals surface area contributed by atoms with Crippen LogP contribution in [0.2, 0.25) is 5.02 Å². The molecule has 0 spiro atoms. The first-order valence-electron chi connectivity index (χ1n) is 5.98. The Labute approximate surface area is 148 Å². The maximum absolute atomic E-state index is 11.6. The molecule has 0 radical (unpaired) electrons. The number of ether oxygens (including phenoxy) is 1. The van der Waals surface area contributed by atoms with Crippen molar-refractivity contribution in [1.29, 1.82) is 0 Å². The Kier molecular flexibility index (Phi) is 5.60. The van der Waals surface area contributed by atoms with Crippen molar-refractivity contribution in [3.8, 4) is 5.75 Å². The predicted octanol–water partition coefficient (Wildman–Crippen LogP) is 3.41. The Bertz CT molecular complexity index is 769. The van der Waals surface area contributed by atoms with E-state index in [-0.39, 0.29) is 5.02 Å². The summed E-state index contributed by atoms with van der Waals surface area (Å²) in [6, 6.07) is 3.69. The smallest absolute Gasteiger partial charge is 0.287 e. The molecular formula is C13H11Br2ClN4O2. The summed E-state index contributed by atoms with van der Waals surface area (Å²) >= 11 is 12.8. The summed E-state index contributed by atoms with van der Waals surface area (Å²) < 4.78 is 7.96. The summed E-state index contributed by atoms with van der Waals surface area (Å²) in [4.78, 5) is 11.6. The normalized spacial score (nSPS) is 11.0. The van der Waals surface area contributed by atoms with Crippen LogP contribution in [0.15, 0.2) is 37.2 Å². The second-order valence-corrected chi connectivity index (χ2v) is 6.28. The quantitative estimate of drug-likeness (QED) is 0.573. The van der Waals surface area contributed by atoms with Gasteiger partial charge in [-0.15, -0.1) is 0 Å². The van der Waals surface area contributed by atoms with Crippen molar-refractivity contribution >= 4 is 55.4 Å². The minimum Gasteiger partial charge on any atom is -0.494 e. The summed E-state index contributed by atoms with van der Waals surface area (Å²) in [7, 11) is 3.11. The summed E-state index contributed by atoms with van der Waals surface area (Å²) in [5.74, 6) is 0.698. The van der Waals surface area contributed by atoms with Crippen LogP contribution in [-0.2, 0) is 7.05 Å². The van der Waals surface area contributed by atoms with Gasteiger partial charge in [0.2, 0.25) is 0 Å². The molecule has 1 N–H and O–H groups in total. The highest BCUT2D eigenvalue weighted by atomic mass is 79.9. The Morgan fingerprint density at radius 1 is 1.41 bits per heavy atom. The van der Waals surface area contributed by atoms with E-state index in [9.17, 15) is 4.79 Å². The number of nitrogens with one attached hydrogen (secondary N) is 1. The zero-order valence-corrected chi connectivity index (χ0v) is 15.5. The fraction of sp³-hybridized carbons (Fsp3) is 0.154. The molecule has 2 aromatic rings. The van der Waals surface area contributed by atoms with Gasteiger partial charge in [0.05, 0.1) is 28.5 Å². The third-order valence-corrected chi connectivity index (χ3v) is 4.24. The predicted molar refractivity (Wildman–Crippen MR) is 94.1 cm³/mol. The molecule has 1 heterocycles. The minimum atomic E-state index is -0.392. The molecule has 22 heavy (non-hydrogen) atoms. The van der Waals surface area contributed by atoms with Crippen LogP contribution in [-0.4, -0.2) is 23.1 Å². The van der Waals surface area contributed by atoms with Crippen LogP contribution in [0.1, 0.15) is 5.56 Å². The lowest BCUT2D eigenvalue weighted by Gasteiger charge is -2.07. The van der Waals surface area contributed by atoms with E-state index in [2.05, 4.69) is 47.5 Å². The number of methoxy groups -OCH3 is 1. The largest absolute Gasteiger partial charge is 0.494 e. The van der Waals surface area contributed by atoms with Crippen LogP contribution in [0, 0.1) is 0 Å². The Morgan fingerprint density at radius 3 is 2.64 bits per heavy atom. The van der Waals surface area contributed by atoms with Crippen molar-refractivity contribution < 1.29 is 4.74 Å². The highest BCUT2D eigenvalue weighted by Gasteiger charge is 2.08. The van der Waals surface area contributed by atoms with Crippen LogP contribution < -0.4 is 15.7 Å². The number of hydrazone groups is 1. The molecule has 9 heteroatoms. The second kappa shape index (κ2) is 7.26. The summed E-state index contributed by atoms with van der Waals surface area (Å²) in [6.07, 6.45) is 3.02. The van der Waals surface area contributed by atoms with E-state index < -0.39 is 5.56 Å². The topological polar surface area (TPSA) is 68.5 Å². The number of anilines is 1. The van der Waals surface area contributed by atoms with Crippen molar-refractivity contribution in [2.24, 2.45) is 12.1 Å². The van der Waals surface area contributed by atoms with Crippen molar-refractivity contribution in [3.63, 3.8) is 0 Å². The average Bonchev–Trinajstić information content (AvgIpc) is 2.47. The van der Waals surface area contributed by atoms with Crippen molar-refractivity contribution in [1.82, 2.24) is 9.78 Å². The molecule has 0 bridgehead atoms. The van der Waals surface area contributed by atoms with Gasteiger partial charge in [0.15, 0.2) is 0 Å². The zero-order chi connectivity index (χ0) is 16.3. The van der Waals surface area contributed by atoms with Gasteiger partial charge in [0.25, 0.3) is 5.56 Å². The van der Waals surface area contributed by atoms with E-state index in [1.54, 1.807) is 13.3 Å². The van der Waals surface area contributed by atoms with Gasteiger partial charge in [0, 0.05) is 7.05 Å². The molecule has 0 aliphatic carbocycles. The number of hydrogen-bond acceptors (Lipinski definition) is 5. The van der Waals surface area contributed by atoms with Gasteiger partial charge in [-0.05, 0) is 49.6 Å². The number of halogens is 3. The fourth-order valence-corrected chi connectivity index (χ4v) is 3.37. The van der Waals surface area contributed by atoms with Crippen LogP contribution in [0.5, 0.6) is 5.75 Å². The molecule has 0 saturated heterocycles. The summed E-state index contributed by atoms with van der Waals surface area (Å²) in [6.45, 7) is 0. The van der Waals surface area contributed by atoms with Crippen LogP contribution in [0.4, 0.5) is 5.69 Å². The third-order valence-electron chi connectivity index (χ3n) is 2.70. The highest BCUT2D eigenvalue weighted by molar-refractivity contribution is 9.11. The SMILES string of the molecule is COc1c(Br)cc(/C=N\Nc2cnn(C)c(=O)c2Cl)cc1Br. The van der Waals surface area contributed by atoms with E-state index >= 15 is 0 Å². The number of aryl methyl sites for hydroxylation is 1. The van der Waals surface area contributed by atoms with Crippen molar-refractivity contribution in [2.45, 2.75) is 0 Å². The van der Waals surface area contributed by atoms with Gasteiger partial charge in [-0.3, -0.25) is 10.2 Å². The lowest BCUT2D eigenvalue weighted by Crippen LogP contribution is -2.20. The lowest BCUT2D eigenvalue weighted by atomic mass is 10.2.